The van der Waals surface area contributed by atoms with E-state index in [2.05, 4.69) is 15.1 Å². The van der Waals surface area contributed by atoms with Gasteiger partial charge in [-0.05, 0) is 26.0 Å². The van der Waals surface area contributed by atoms with Gasteiger partial charge in [-0.15, -0.1) is 0 Å². The summed E-state index contributed by atoms with van der Waals surface area (Å²) in [5, 5.41) is 15.6. The summed E-state index contributed by atoms with van der Waals surface area (Å²) in [6, 6.07) is 7.80. The zero-order chi connectivity index (χ0) is 20.7. The van der Waals surface area contributed by atoms with Crippen LogP contribution in [-0.2, 0) is 6.54 Å². The zero-order valence-corrected chi connectivity index (χ0v) is 15.6. The minimum atomic E-state index is -0.524. The number of benzene rings is 1. The van der Waals surface area contributed by atoms with E-state index in [0.717, 1.165) is 11.4 Å². The van der Waals surface area contributed by atoms with Gasteiger partial charge in [0.2, 0.25) is 0 Å². The van der Waals surface area contributed by atoms with Crippen LogP contribution in [0.25, 0.3) is 16.7 Å². The van der Waals surface area contributed by atoms with Crippen LogP contribution in [-0.4, -0.2) is 35.0 Å². The zero-order valence-electron chi connectivity index (χ0n) is 15.6. The monoisotopic (exact) mass is 392 g/mol. The Morgan fingerprint density at radius 2 is 2.03 bits per heavy atom. The first kappa shape index (κ1) is 18.3. The molecular formula is C19H16N6O4. The molecule has 0 radical (unpaired) electrons. The van der Waals surface area contributed by atoms with Crippen LogP contribution in [0.2, 0.25) is 0 Å². The van der Waals surface area contributed by atoms with Crippen molar-refractivity contribution in [2.45, 2.75) is 20.4 Å². The summed E-state index contributed by atoms with van der Waals surface area (Å²) in [5.74, 6) is -0.221. The number of nitrogens with zero attached hydrogens (tertiary/aromatic N) is 5. The number of Topliss-reactive ketones (excluding diaryl/α,β-unsaturated/α-hetero) is 1. The molecule has 0 atom stereocenters. The second-order valence-corrected chi connectivity index (χ2v) is 6.63. The summed E-state index contributed by atoms with van der Waals surface area (Å²) in [6.07, 6.45) is 2.55. The number of aromatic amines is 1. The Morgan fingerprint density at radius 3 is 2.72 bits per heavy atom. The van der Waals surface area contributed by atoms with Crippen molar-refractivity contribution in [3.8, 4) is 5.69 Å². The Morgan fingerprint density at radius 1 is 1.28 bits per heavy atom. The number of para-hydroxylation sites is 2. The Kier molecular flexibility index (Phi) is 4.30. The van der Waals surface area contributed by atoms with Gasteiger partial charge in [0.1, 0.15) is 17.4 Å². The molecule has 3 heterocycles. The van der Waals surface area contributed by atoms with Crippen molar-refractivity contribution in [1.82, 2.24) is 24.3 Å². The van der Waals surface area contributed by atoms with Crippen molar-refractivity contribution in [2.75, 3.05) is 0 Å². The van der Waals surface area contributed by atoms with Crippen molar-refractivity contribution < 1.29 is 9.72 Å². The van der Waals surface area contributed by atoms with Gasteiger partial charge < -0.3 is 4.98 Å². The number of H-pyrrole nitrogens is 1. The van der Waals surface area contributed by atoms with Crippen molar-refractivity contribution in [3.05, 3.63) is 80.3 Å². The second-order valence-electron chi connectivity index (χ2n) is 6.63. The van der Waals surface area contributed by atoms with Gasteiger partial charge in [-0.1, -0.05) is 12.1 Å². The quantitative estimate of drug-likeness (QED) is 0.315. The largest absolute Gasteiger partial charge is 0.362 e. The molecule has 4 rings (SSSR count). The van der Waals surface area contributed by atoms with Gasteiger partial charge >= 0.3 is 0 Å². The minimum Gasteiger partial charge on any atom is -0.362 e. The van der Waals surface area contributed by atoms with E-state index in [-0.39, 0.29) is 34.7 Å². The van der Waals surface area contributed by atoms with Crippen LogP contribution in [0.5, 0.6) is 0 Å². The molecule has 0 aliphatic heterocycles. The topological polar surface area (TPSA) is 129 Å². The number of hydrogen-bond acceptors (Lipinski definition) is 6. The highest BCUT2D eigenvalue weighted by molar-refractivity contribution is 5.97. The van der Waals surface area contributed by atoms with Crippen molar-refractivity contribution in [3.63, 3.8) is 0 Å². The summed E-state index contributed by atoms with van der Waals surface area (Å²) in [7, 11) is 0. The van der Waals surface area contributed by atoms with Crippen LogP contribution in [0, 0.1) is 24.0 Å². The Labute approximate surface area is 163 Å². The average molecular weight is 392 g/mol. The highest BCUT2D eigenvalue weighted by Gasteiger charge is 2.20. The van der Waals surface area contributed by atoms with Crippen LogP contribution in [0.1, 0.15) is 21.7 Å². The minimum absolute atomic E-state index is 0.156. The first-order valence-corrected chi connectivity index (χ1v) is 8.73. The summed E-state index contributed by atoms with van der Waals surface area (Å²) in [4.78, 5) is 43.5. The number of fused-ring (bicyclic) bond motifs is 1. The molecular weight excluding hydrogens is 376 g/mol. The molecule has 0 aliphatic rings. The lowest BCUT2D eigenvalue weighted by Crippen LogP contribution is -2.24. The van der Waals surface area contributed by atoms with Crippen LogP contribution in [0.4, 0.5) is 5.69 Å². The van der Waals surface area contributed by atoms with E-state index in [1.807, 2.05) is 6.92 Å². The third-order valence-electron chi connectivity index (χ3n) is 4.62. The molecule has 0 saturated heterocycles. The Hall–Kier alpha value is -4.08. The molecule has 10 heteroatoms. The molecule has 0 saturated carbocycles. The molecule has 4 aromatic rings. The SMILES string of the molecule is Cc1cc(C(=O)Cn2cnc3c(cnn3-c3ccccc3[N+](=O)[O-])c2=O)c(C)[nH]1. The summed E-state index contributed by atoms with van der Waals surface area (Å²) < 4.78 is 2.46. The lowest BCUT2D eigenvalue weighted by atomic mass is 10.1. The Bertz CT molecular complexity index is 1330. The van der Waals surface area contributed by atoms with Crippen molar-refractivity contribution in [1.29, 1.82) is 0 Å². The normalized spacial score (nSPS) is 11.1. The number of hydrogen-bond donors (Lipinski definition) is 1. The summed E-state index contributed by atoms with van der Waals surface area (Å²) in [6.45, 7) is 3.47. The molecule has 29 heavy (non-hydrogen) atoms. The molecule has 1 aromatic carbocycles. The second kappa shape index (κ2) is 6.82. The van der Waals surface area contributed by atoms with Gasteiger partial charge in [0, 0.05) is 23.0 Å². The number of carbonyl (C=O) groups excluding carboxylic acids is 1. The maximum Gasteiger partial charge on any atom is 0.294 e. The van der Waals surface area contributed by atoms with Crippen molar-refractivity contribution in [2.24, 2.45) is 0 Å². The maximum atomic E-state index is 12.8. The fourth-order valence-electron chi connectivity index (χ4n) is 3.29. The molecule has 10 nitrogen and oxygen atoms in total. The molecule has 0 spiro atoms. The van der Waals surface area contributed by atoms with Crippen LogP contribution in [0.15, 0.2) is 47.7 Å². The lowest BCUT2D eigenvalue weighted by molar-refractivity contribution is -0.384. The predicted molar refractivity (Wildman–Crippen MR) is 104 cm³/mol. The van der Waals surface area contributed by atoms with E-state index in [1.165, 1.54) is 33.9 Å². The number of rotatable bonds is 5. The van der Waals surface area contributed by atoms with Gasteiger partial charge in [-0.2, -0.15) is 5.10 Å². The fourth-order valence-corrected chi connectivity index (χ4v) is 3.29. The van der Waals surface area contributed by atoms with Gasteiger partial charge in [0.25, 0.3) is 11.2 Å². The highest BCUT2D eigenvalue weighted by atomic mass is 16.6. The van der Waals surface area contributed by atoms with Gasteiger partial charge in [0.15, 0.2) is 11.4 Å². The highest BCUT2D eigenvalue weighted by Crippen LogP contribution is 2.23. The Balaban J connectivity index is 1.76. The number of ketones is 1. The maximum absolute atomic E-state index is 12.8. The summed E-state index contributed by atoms with van der Waals surface area (Å²) >= 11 is 0. The number of nitro benzene ring substituents is 1. The first-order chi connectivity index (χ1) is 13.9. The van der Waals surface area contributed by atoms with E-state index >= 15 is 0 Å². The standard InChI is InChI=1S/C19H16N6O4/c1-11-7-13(12(2)22-11)17(26)9-23-10-20-18-14(19(23)27)8-21-24(18)15-5-3-4-6-16(15)25(28)29/h3-8,10,22H,9H2,1-2H3. The predicted octanol–water partition coefficient (Wildman–Crippen LogP) is 2.32. The molecule has 0 unspecified atom stereocenters. The summed E-state index contributed by atoms with van der Waals surface area (Å²) in [5.41, 5.74) is 1.89. The number of carbonyl (C=O) groups is 1. The fraction of sp³-hybridized carbons (Fsp3) is 0.158. The average Bonchev–Trinajstić information content (AvgIpc) is 3.27. The van der Waals surface area contributed by atoms with E-state index in [4.69, 9.17) is 0 Å². The number of aryl methyl sites for hydroxylation is 2. The van der Waals surface area contributed by atoms with E-state index < -0.39 is 10.5 Å². The molecule has 1 N–H and O–H groups in total. The molecule has 0 fully saturated rings. The van der Waals surface area contributed by atoms with E-state index in [9.17, 15) is 19.7 Å². The first-order valence-electron chi connectivity index (χ1n) is 8.73. The third kappa shape index (κ3) is 3.10. The molecule has 0 amide bonds. The number of nitro groups is 1. The number of aromatic nitrogens is 5. The lowest BCUT2D eigenvalue weighted by Gasteiger charge is -2.06. The smallest absolute Gasteiger partial charge is 0.294 e. The van der Waals surface area contributed by atoms with Crippen LogP contribution in [0.3, 0.4) is 0 Å². The van der Waals surface area contributed by atoms with Gasteiger partial charge in [-0.25, -0.2) is 9.67 Å². The van der Waals surface area contributed by atoms with E-state index in [0.29, 0.717) is 5.56 Å². The van der Waals surface area contributed by atoms with Gasteiger partial charge in [0.05, 0.1) is 17.7 Å². The molecule has 0 aliphatic carbocycles. The molecule has 146 valence electrons. The van der Waals surface area contributed by atoms with Crippen LogP contribution >= 0.6 is 0 Å². The van der Waals surface area contributed by atoms with Crippen LogP contribution < -0.4 is 5.56 Å². The molecule has 3 aromatic heterocycles. The molecule has 0 bridgehead atoms. The van der Waals surface area contributed by atoms with Gasteiger partial charge in [-0.3, -0.25) is 24.3 Å². The van der Waals surface area contributed by atoms with Crippen molar-refractivity contribution >= 4 is 22.5 Å². The number of nitrogens with one attached hydrogen (secondary N) is 1. The third-order valence-corrected chi connectivity index (χ3v) is 4.62. The van der Waals surface area contributed by atoms with E-state index in [1.54, 1.807) is 25.1 Å².